The number of hydrogen-bond donors (Lipinski definition) is 0. The monoisotopic (exact) mass is 375 g/mol. The van der Waals surface area contributed by atoms with E-state index in [1.165, 1.54) is 25.1 Å². The summed E-state index contributed by atoms with van der Waals surface area (Å²) in [6.07, 6.45) is 2.40. The number of ether oxygens (including phenoxy) is 1. The lowest BCUT2D eigenvalue weighted by molar-refractivity contribution is 0.184. The number of benzene rings is 2. The third-order valence-electron chi connectivity index (χ3n) is 4.80. The molecule has 0 unspecified atom stereocenters. The lowest BCUT2D eigenvalue weighted by Crippen LogP contribution is -2.38. The van der Waals surface area contributed by atoms with E-state index in [2.05, 4.69) is 39.0 Å². The van der Waals surface area contributed by atoms with Crippen molar-refractivity contribution in [2.75, 3.05) is 19.6 Å². The van der Waals surface area contributed by atoms with Crippen LogP contribution in [0.15, 0.2) is 30.3 Å². The van der Waals surface area contributed by atoms with Gasteiger partial charge in [0.2, 0.25) is 0 Å². The van der Waals surface area contributed by atoms with Gasteiger partial charge in [0.15, 0.2) is 0 Å². The molecule has 120 valence electrons. The van der Waals surface area contributed by atoms with Crippen LogP contribution in [0.4, 0.5) is 4.39 Å². The van der Waals surface area contributed by atoms with Crippen LogP contribution in [-0.2, 0) is 18.4 Å². The van der Waals surface area contributed by atoms with Gasteiger partial charge in [0, 0.05) is 23.0 Å². The lowest BCUT2D eigenvalue weighted by atomic mass is 9.93. The number of fused-ring (bicyclic) bond motifs is 3. The molecule has 1 saturated heterocycles. The number of nitrogens with zero attached hydrogens (tertiary/aromatic N) is 1. The molecule has 0 radical (unpaired) electrons. The van der Waals surface area contributed by atoms with Crippen molar-refractivity contribution in [3.8, 4) is 16.9 Å². The van der Waals surface area contributed by atoms with Gasteiger partial charge >= 0.3 is 0 Å². The van der Waals surface area contributed by atoms with E-state index in [1.807, 2.05) is 0 Å². The Kier molecular flexibility index (Phi) is 4.12. The topological polar surface area (TPSA) is 12.5 Å². The van der Waals surface area contributed by atoms with Crippen molar-refractivity contribution in [1.29, 1.82) is 0 Å². The minimum atomic E-state index is -0.182. The third-order valence-corrected chi connectivity index (χ3v) is 5.41. The first-order valence-electron chi connectivity index (χ1n) is 8.10. The van der Waals surface area contributed by atoms with E-state index in [0.717, 1.165) is 35.4 Å². The Morgan fingerprint density at radius 1 is 1.13 bits per heavy atom. The number of hydrogen-bond acceptors (Lipinski definition) is 2. The summed E-state index contributed by atoms with van der Waals surface area (Å²) < 4.78 is 20.0. The second-order valence-electron chi connectivity index (χ2n) is 6.30. The van der Waals surface area contributed by atoms with E-state index in [9.17, 15) is 4.39 Å². The summed E-state index contributed by atoms with van der Waals surface area (Å²) in [5.41, 5.74) is 5.09. The van der Waals surface area contributed by atoms with Gasteiger partial charge in [-0.3, -0.25) is 0 Å². The molecule has 0 atom stereocenters. The number of halogens is 2. The van der Waals surface area contributed by atoms with Crippen LogP contribution < -0.4 is 4.74 Å². The quantitative estimate of drug-likeness (QED) is 0.728. The normalized spacial score (nSPS) is 16.3. The molecule has 1 fully saturated rings. The maximum Gasteiger partial charge on any atom is 0.128 e. The maximum absolute atomic E-state index is 14.1. The zero-order valence-corrected chi connectivity index (χ0v) is 14.5. The van der Waals surface area contributed by atoms with Gasteiger partial charge in [0.05, 0.1) is 0 Å². The summed E-state index contributed by atoms with van der Waals surface area (Å²) in [7, 11) is 0. The van der Waals surface area contributed by atoms with Crippen molar-refractivity contribution in [2.45, 2.75) is 24.8 Å². The Hall–Kier alpha value is -1.39. The molecular formula is C19H19BrFNO. The third kappa shape index (κ3) is 2.90. The van der Waals surface area contributed by atoms with Gasteiger partial charge in [-0.1, -0.05) is 34.1 Å². The smallest absolute Gasteiger partial charge is 0.128 e. The zero-order chi connectivity index (χ0) is 15.8. The summed E-state index contributed by atoms with van der Waals surface area (Å²) in [6.45, 7) is 4.15. The van der Waals surface area contributed by atoms with Crippen LogP contribution in [0.3, 0.4) is 0 Å². The fourth-order valence-electron chi connectivity index (χ4n) is 3.26. The van der Waals surface area contributed by atoms with Gasteiger partial charge < -0.3 is 9.64 Å². The van der Waals surface area contributed by atoms with E-state index in [-0.39, 0.29) is 5.82 Å². The second-order valence-corrected chi connectivity index (χ2v) is 6.86. The Labute approximate surface area is 144 Å². The highest BCUT2D eigenvalue weighted by Crippen LogP contribution is 2.39. The summed E-state index contributed by atoms with van der Waals surface area (Å²) in [4.78, 5) is 2.47. The maximum atomic E-state index is 14.1. The Morgan fingerprint density at radius 3 is 2.74 bits per heavy atom. The zero-order valence-electron chi connectivity index (χ0n) is 12.9. The molecule has 4 heteroatoms. The molecule has 0 bridgehead atoms. The summed E-state index contributed by atoms with van der Waals surface area (Å²) in [5, 5.41) is 0.498. The summed E-state index contributed by atoms with van der Waals surface area (Å²) >= 11 is 3.32. The van der Waals surface area contributed by atoms with E-state index in [1.54, 1.807) is 12.1 Å². The Balaban J connectivity index is 1.62. The largest absolute Gasteiger partial charge is 0.488 e. The first-order chi connectivity index (χ1) is 11.2. The van der Waals surface area contributed by atoms with E-state index in [4.69, 9.17) is 4.74 Å². The lowest BCUT2D eigenvalue weighted by Gasteiger charge is -2.30. The fraction of sp³-hybridized carbons (Fsp3) is 0.368. The molecule has 0 spiro atoms. The van der Waals surface area contributed by atoms with Gasteiger partial charge in [-0.2, -0.15) is 0 Å². The molecule has 0 amide bonds. The van der Waals surface area contributed by atoms with Gasteiger partial charge in [0.1, 0.15) is 18.2 Å². The minimum Gasteiger partial charge on any atom is -0.488 e. The van der Waals surface area contributed by atoms with Crippen molar-refractivity contribution < 1.29 is 9.13 Å². The van der Waals surface area contributed by atoms with Crippen LogP contribution >= 0.6 is 15.9 Å². The number of likely N-dealkylation sites (tertiary alicyclic amines) is 1. The molecule has 2 aliphatic heterocycles. The van der Waals surface area contributed by atoms with E-state index < -0.39 is 0 Å². The molecule has 2 aliphatic rings. The predicted molar refractivity (Wildman–Crippen MR) is 93.6 cm³/mol. The van der Waals surface area contributed by atoms with Crippen molar-refractivity contribution in [3.05, 3.63) is 52.8 Å². The van der Waals surface area contributed by atoms with Crippen LogP contribution in [0.25, 0.3) is 11.1 Å². The van der Waals surface area contributed by atoms with E-state index in [0.29, 0.717) is 17.5 Å². The van der Waals surface area contributed by atoms with Crippen LogP contribution in [0, 0.1) is 5.82 Å². The minimum absolute atomic E-state index is 0.182. The highest BCUT2D eigenvalue weighted by molar-refractivity contribution is 9.08. The molecule has 2 nitrogen and oxygen atoms in total. The first-order valence-corrected chi connectivity index (χ1v) is 9.22. The molecule has 2 aromatic carbocycles. The van der Waals surface area contributed by atoms with Gasteiger partial charge in [-0.25, -0.2) is 4.39 Å². The summed E-state index contributed by atoms with van der Waals surface area (Å²) in [5.74, 6) is 0.598. The first kappa shape index (κ1) is 15.2. The van der Waals surface area contributed by atoms with Crippen molar-refractivity contribution in [1.82, 2.24) is 4.90 Å². The van der Waals surface area contributed by atoms with Crippen LogP contribution in [0.5, 0.6) is 5.75 Å². The van der Waals surface area contributed by atoms with Crippen LogP contribution in [-0.4, -0.2) is 24.5 Å². The molecule has 23 heavy (non-hydrogen) atoms. The van der Waals surface area contributed by atoms with Gasteiger partial charge in [-0.05, 0) is 54.8 Å². The standard InChI is InChI=1S/C19H19BrFNO/c20-11-14-9-19-17(10-18(14)21)16-3-2-13(8-15(16)12-23-19)4-7-22-5-1-6-22/h2-3,8-10H,1,4-7,11-12H2. The average molecular weight is 376 g/mol. The van der Waals surface area contributed by atoms with Gasteiger partial charge in [0.25, 0.3) is 0 Å². The number of rotatable bonds is 4. The van der Waals surface area contributed by atoms with Gasteiger partial charge in [-0.15, -0.1) is 0 Å². The predicted octanol–water partition coefficient (Wildman–Crippen LogP) is 4.53. The molecule has 2 aromatic rings. The highest BCUT2D eigenvalue weighted by Gasteiger charge is 2.20. The average Bonchev–Trinajstić information content (AvgIpc) is 2.52. The van der Waals surface area contributed by atoms with Crippen molar-refractivity contribution in [3.63, 3.8) is 0 Å². The Bertz CT molecular complexity index is 742. The SMILES string of the molecule is Fc1cc2c(cc1CBr)OCc1cc(CCN3CCC3)ccc1-2. The van der Waals surface area contributed by atoms with E-state index >= 15 is 0 Å². The second kappa shape index (κ2) is 6.25. The fourth-order valence-corrected chi connectivity index (χ4v) is 3.69. The molecule has 2 heterocycles. The van der Waals surface area contributed by atoms with Crippen molar-refractivity contribution >= 4 is 15.9 Å². The van der Waals surface area contributed by atoms with Crippen LogP contribution in [0.1, 0.15) is 23.1 Å². The van der Waals surface area contributed by atoms with Crippen LogP contribution in [0.2, 0.25) is 0 Å². The molecule has 0 aromatic heterocycles. The number of alkyl halides is 1. The molecular weight excluding hydrogens is 357 g/mol. The highest BCUT2D eigenvalue weighted by atomic mass is 79.9. The molecule has 0 saturated carbocycles. The summed E-state index contributed by atoms with van der Waals surface area (Å²) in [6, 6.07) is 9.91. The van der Waals surface area contributed by atoms with Crippen molar-refractivity contribution in [2.24, 2.45) is 0 Å². The Morgan fingerprint density at radius 2 is 2.00 bits per heavy atom. The molecule has 0 N–H and O–H groups in total. The molecule has 0 aliphatic carbocycles. The molecule has 4 rings (SSSR count).